The van der Waals surface area contributed by atoms with Gasteiger partial charge in [0.1, 0.15) is 28.6 Å². The number of nitrogens with two attached hydrogens (primary N) is 2. The van der Waals surface area contributed by atoms with Crippen molar-refractivity contribution >= 4 is 11.4 Å². The second-order valence-corrected chi connectivity index (χ2v) is 8.22. The summed E-state index contributed by atoms with van der Waals surface area (Å²) in [4.78, 5) is 0. The van der Waals surface area contributed by atoms with E-state index in [1.54, 1.807) is 25.1 Å². The number of ether oxygens (including phenoxy) is 2. The van der Waals surface area contributed by atoms with Gasteiger partial charge in [-0.1, -0.05) is 12.1 Å². The Kier molecular flexibility index (Phi) is 6.68. The summed E-state index contributed by atoms with van der Waals surface area (Å²) in [6, 6.07) is 16.5. The highest BCUT2D eigenvalue weighted by atomic mass is 19.4. The first-order chi connectivity index (χ1) is 17.3. The molecule has 192 valence electrons. The number of aryl methyl sites for hydroxylation is 1. The lowest BCUT2D eigenvalue weighted by molar-refractivity contribution is -0.139. The third kappa shape index (κ3) is 5.91. The summed E-state index contributed by atoms with van der Waals surface area (Å²) in [5.41, 5.74) is 10.5. The van der Waals surface area contributed by atoms with Crippen LogP contribution in [0.2, 0.25) is 0 Å². The van der Waals surface area contributed by atoms with Crippen molar-refractivity contribution in [1.29, 1.82) is 0 Å². The number of hydrogen-bond acceptors (Lipinski definition) is 4. The van der Waals surface area contributed by atoms with Gasteiger partial charge in [-0.15, -0.1) is 0 Å². The Balaban J connectivity index is 1.83. The highest BCUT2D eigenvalue weighted by Crippen LogP contribution is 2.43. The van der Waals surface area contributed by atoms with Crippen LogP contribution in [0.5, 0.6) is 23.0 Å². The fraction of sp³-hybridized carbons (Fsp3) is 0.111. The van der Waals surface area contributed by atoms with E-state index in [4.69, 9.17) is 20.9 Å². The zero-order chi connectivity index (χ0) is 27.0. The molecule has 0 aromatic heterocycles. The van der Waals surface area contributed by atoms with Crippen LogP contribution in [0.25, 0.3) is 11.1 Å². The molecule has 0 amide bonds. The minimum absolute atomic E-state index is 0.0632. The first kappa shape index (κ1) is 25.7. The molecule has 0 fully saturated rings. The van der Waals surface area contributed by atoms with E-state index in [0.29, 0.717) is 17.0 Å². The molecule has 0 saturated heterocycles. The number of benzene rings is 4. The van der Waals surface area contributed by atoms with E-state index in [-0.39, 0.29) is 28.3 Å². The van der Waals surface area contributed by atoms with Crippen LogP contribution < -0.4 is 20.9 Å². The first-order valence-corrected chi connectivity index (χ1v) is 10.8. The van der Waals surface area contributed by atoms with Gasteiger partial charge in [0, 0.05) is 16.9 Å². The van der Waals surface area contributed by atoms with E-state index < -0.39 is 29.2 Å². The van der Waals surface area contributed by atoms with Gasteiger partial charge >= 0.3 is 12.4 Å². The number of anilines is 2. The summed E-state index contributed by atoms with van der Waals surface area (Å²) in [6.45, 7) is 1.76. The van der Waals surface area contributed by atoms with Gasteiger partial charge in [0.15, 0.2) is 0 Å². The van der Waals surface area contributed by atoms with Crippen LogP contribution in [-0.2, 0) is 12.4 Å². The van der Waals surface area contributed by atoms with Crippen molar-refractivity contribution in [2.75, 3.05) is 11.5 Å². The lowest BCUT2D eigenvalue weighted by Crippen LogP contribution is -2.08. The summed E-state index contributed by atoms with van der Waals surface area (Å²) < 4.78 is 92.6. The molecule has 0 heterocycles. The van der Waals surface area contributed by atoms with Crippen LogP contribution >= 0.6 is 0 Å². The Hall–Kier alpha value is -4.34. The normalized spacial score (nSPS) is 11.9. The molecule has 0 aliphatic rings. The Morgan fingerprint density at radius 3 is 1.92 bits per heavy atom. The van der Waals surface area contributed by atoms with Crippen LogP contribution in [-0.4, -0.2) is 0 Å². The van der Waals surface area contributed by atoms with Gasteiger partial charge in [-0.05, 0) is 84.8 Å². The van der Waals surface area contributed by atoms with Crippen molar-refractivity contribution < 1.29 is 35.8 Å². The van der Waals surface area contributed by atoms with Crippen LogP contribution in [0.3, 0.4) is 0 Å². The van der Waals surface area contributed by atoms with Crippen LogP contribution in [0.15, 0.2) is 78.9 Å². The quantitative estimate of drug-likeness (QED) is 0.205. The van der Waals surface area contributed by atoms with Crippen molar-refractivity contribution in [1.82, 2.24) is 0 Å². The molecule has 10 heteroatoms. The van der Waals surface area contributed by atoms with Gasteiger partial charge in [0.25, 0.3) is 0 Å². The summed E-state index contributed by atoms with van der Waals surface area (Å²) in [5, 5.41) is 0. The van der Waals surface area contributed by atoms with Gasteiger partial charge in [-0.25, -0.2) is 0 Å². The molecule has 0 saturated carbocycles. The van der Waals surface area contributed by atoms with E-state index in [2.05, 4.69) is 0 Å². The monoisotopic (exact) mass is 518 g/mol. The Morgan fingerprint density at radius 1 is 0.622 bits per heavy atom. The third-order valence-corrected chi connectivity index (χ3v) is 5.41. The molecule has 0 atom stereocenters. The van der Waals surface area contributed by atoms with Crippen LogP contribution in [0.4, 0.5) is 37.7 Å². The van der Waals surface area contributed by atoms with E-state index in [0.717, 1.165) is 24.3 Å². The van der Waals surface area contributed by atoms with E-state index in [1.165, 1.54) is 36.4 Å². The molecule has 0 radical (unpaired) electrons. The zero-order valence-electron chi connectivity index (χ0n) is 19.2. The second kappa shape index (κ2) is 9.61. The average Bonchev–Trinajstić information content (AvgIpc) is 2.82. The van der Waals surface area contributed by atoms with Crippen molar-refractivity contribution in [2.24, 2.45) is 0 Å². The maximum absolute atomic E-state index is 13.6. The molecule has 4 nitrogen and oxygen atoms in total. The standard InChI is InChI=1S/C27H20F6N2O2/c1-15-11-18(34)5-8-23(15)36-20-7-10-24(37-25-9-6-19(35)13-22(25)27(31,32)33)21(14-20)16-3-2-4-17(12-16)26(28,29)30/h2-14H,34-35H2,1H3. The highest BCUT2D eigenvalue weighted by molar-refractivity contribution is 5.73. The minimum atomic E-state index is -4.78. The smallest absolute Gasteiger partial charge is 0.420 e. The molecule has 4 N–H and O–H groups in total. The summed E-state index contributed by atoms with van der Waals surface area (Å²) in [5.74, 6) is -0.00863. The lowest BCUT2D eigenvalue weighted by atomic mass is 10.0. The van der Waals surface area contributed by atoms with E-state index in [1.807, 2.05) is 0 Å². The van der Waals surface area contributed by atoms with Gasteiger partial charge in [0.2, 0.25) is 0 Å². The second-order valence-electron chi connectivity index (χ2n) is 8.22. The van der Waals surface area contributed by atoms with Crippen molar-refractivity contribution in [3.8, 4) is 34.1 Å². The molecule has 0 aliphatic heterocycles. The van der Waals surface area contributed by atoms with Gasteiger partial charge < -0.3 is 20.9 Å². The number of halogens is 6. The molecule has 0 spiro atoms. The molecule has 0 bridgehead atoms. The largest absolute Gasteiger partial charge is 0.457 e. The maximum atomic E-state index is 13.6. The fourth-order valence-electron chi connectivity index (χ4n) is 3.64. The molecular formula is C27H20F6N2O2. The molecule has 0 aliphatic carbocycles. The minimum Gasteiger partial charge on any atom is -0.457 e. The Labute approximate surface area is 208 Å². The predicted octanol–water partition coefficient (Wildman–Crippen LogP) is 8.45. The first-order valence-electron chi connectivity index (χ1n) is 10.8. The molecule has 0 unspecified atom stereocenters. The van der Waals surface area contributed by atoms with E-state index >= 15 is 0 Å². The van der Waals surface area contributed by atoms with E-state index in [9.17, 15) is 26.3 Å². The SMILES string of the molecule is Cc1cc(N)ccc1Oc1ccc(Oc2ccc(N)cc2C(F)(F)F)c(-c2cccc(C(F)(F)F)c2)c1. The Bertz CT molecular complexity index is 1450. The fourth-order valence-corrected chi connectivity index (χ4v) is 3.64. The summed E-state index contributed by atoms with van der Waals surface area (Å²) in [6.07, 6.45) is -9.41. The third-order valence-electron chi connectivity index (χ3n) is 5.41. The molecule has 4 aromatic rings. The Morgan fingerprint density at radius 2 is 1.27 bits per heavy atom. The van der Waals surface area contributed by atoms with Crippen LogP contribution in [0, 0.1) is 6.92 Å². The topological polar surface area (TPSA) is 70.5 Å². The maximum Gasteiger partial charge on any atom is 0.420 e. The van der Waals surface area contributed by atoms with Crippen molar-refractivity contribution in [3.63, 3.8) is 0 Å². The summed E-state index contributed by atoms with van der Waals surface area (Å²) in [7, 11) is 0. The van der Waals surface area contributed by atoms with Gasteiger partial charge in [-0.2, -0.15) is 26.3 Å². The zero-order valence-corrected chi connectivity index (χ0v) is 19.2. The molecule has 4 aromatic carbocycles. The summed E-state index contributed by atoms with van der Waals surface area (Å²) >= 11 is 0. The number of hydrogen-bond donors (Lipinski definition) is 2. The molecule has 4 rings (SSSR count). The van der Waals surface area contributed by atoms with Gasteiger partial charge in [-0.3, -0.25) is 0 Å². The number of alkyl halides is 6. The average molecular weight is 518 g/mol. The molecular weight excluding hydrogens is 498 g/mol. The predicted molar refractivity (Wildman–Crippen MR) is 128 cm³/mol. The van der Waals surface area contributed by atoms with Gasteiger partial charge in [0.05, 0.1) is 5.56 Å². The lowest BCUT2D eigenvalue weighted by Gasteiger charge is -2.18. The number of rotatable bonds is 5. The van der Waals surface area contributed by atoms with Crippen molar-refractivity contribution in [3.05, 3.63) is 95.6 Å². The highest BCUT2D eigenvalue weighted by Gasteiger charge is 2.35. The number of nitrogen functional groups attached to an aromatic ring is 2. The van der Waals surface area contributed by atoms with Crippen LogP contribution in [0.1, 0.15) is 16.7 Å². The molecule has 37 heavy (non-hydrogen) atoms. The van der Waals surface area contributed by atoms with Crippen molar-refractivity contribution in [2.45, 2.75) is 19.3 Å².